The van der Waals surface area contributed by atoms with Crippen LogP contribution in [0.5, 0.6) is 0 Å². The van der Waals surface area contributed by atoms with E-state index in [1.54, 1.807) is 0 Å². The van der Waals surface area contributed by atoms with E-state index in [-0.39, 0.29) is 0 Å². The largest absolute Gasteiger partial charge is 0.416 e. The SMILES string of the molecule is C/C(I)=C/CCO[Si](C(C)C)(C(C)C)C(C)C. The van der Waals surface area contributed by atoms with Crippen LogP contribution in [0.15, 0.2) is 9.66 Å². The highest BCUT2D eigenvalue weighted by Crippen LogP contribution is 2.42. The molecule has 0 saturated heterocycles. The molecular weight excluding hydrogens is 339 g/mol. The minimum Gasteiger partial charge on any atom is -0.416 e. The third kappa shape index (κ3) is 5.03. The zero-order valence-corrected chi connectivity index (χ0v) is 15.7. The molecule has 0 aromatic carbocycles. The van der Waals surface area contributed by atoms with Crippen LogP contribution in [-0.2, 0) is 4.43 Å². The van der Waals surface area contributed by atoms with Gasteiger partial charge in [-0.25, -0.2) is 0 Å². The smallest absolute Gasteiger partial charge is 0.200 e. The molecule has 0 saturated carbocycles. The van der Waals surface area contributed by atoms with E-state index in [2.05, 4.69) is 77.1 Å². The van der Waals surface area contributed by atoms with Gasteiger partial charge in [-0.1, -0.05) is 47.6 Å². The zero-order chi connectivity index (χ0) is 13.6. The fourth-order valence-electron chi connectivity index (χ4n) is 2.99. The second-order valence-electron chi connectivity index (χ2n) is 5.75. The summed E-state index contributed by atoms with van der Waals surface area (Å²) in [4.78, 5) is 0. The summed E-state index contributed by atoms with van der Waals surface area (Å²) in [6.07, 6.45) is 3.32. The molecule has 0 aromatic rings. The molecule has 0 bridgehead atoms. The summed E-state index contributed by atoms with van der Waals surface area (Å²) in [6, 6.07) is 0. The molecule has 0 radical (unpaired) electrons. The van der Waals surface area contributed by atoms with Crippen LogP contribution < -0.4 is 0 Å². The second kappa shape index (κ2) is 7.95. The Morgan fingerprint density at radius 2 is 1.47 bits per heavy atom. The fourth-order valence-corrected chi connectivity index (χ4v) is 8.78. The van der Waals surface area contributed by atoms with E-state index in [9.17, 15) is 0 Å². The van der Waals surface area contributed by atoms with Gasteiger partial charge in [0.05, 0.1) is 0 Å². The molecular formula is C14H29IOSi. The lowest BCUT2D eigenvalue weighted by Crippen LogP contribution is -2.47. The van der Waals surface area contributed by atoms with Gasteiger partial charge in [-0.05, 0) is 56.1 Å². The average Bonchev–Trinajstić information content (AvgIpc) is 2.15. The molecule has 0 amide bonds. The molecule has 0 heterocycles. The lowest BCUT2D eigenvalue weighted by molar-refractivity contribution is 0.284. The normalized spacial score (nSPS) is 14.2. The molecule has 0 fully saturated rings. The van der Waals surface area contributed by atoms with Crippen molar-refractivity contribution < 1.29 is 4.43 Å². The number of hydrogen-bond donors (Lipinski definition) is 0. The Hall–Kier alpha value is 0.647. The maximum Gasteiger partial charge on any atom is 0.200 e. The number of allylic oxidation sites excluding steroid dienone is 1. The van der Waals surface area contributed by atoms with Crippen LogP contribution in [0.4, 0.5) is 0 Å². The molecule has 0 aliphatic heterocycles. The molecule has 0 atom stereocenters. The van der Waals surface area contributed by atoms with Crippen LogP contribution in [0, 0.1) is 0 Å². The quantitative estimate of drug-likeness (QED) is 0.308. The first-order valence-corrected chi connectivity index (χ1v) is 9.93. The first-order valence-electron chi connectivity index (χ1n) is 6.71. The van der Waals surface area contributed by atoms with Gasteiger partial charge in [0.15, 0.2) is 8.32 Å². The van der Waals surface area contributed by atoms with Gasteiger partial charge >= 0.3 is 0 Å². The minimum atomic E-state index is -1.63. The van der Waals surface area contributed by atoms with Crippen molar-refractivity contribution in [3.63, 3.8) is 0 Å². The molecule has 0 aliphatic rings. The lowest BCUT2D eigenvalue weighted by atomic mass is 10.4. The minimum absolute atomic E-state index is 0.687. The monoisotopic (exact) mass is 368 g/mol. The van der Waals surface area contributed by atoms with E-state index in [4.69, 9.17) is 4.43 Å². The molecule has 102 valence electrons. The van der Waals surface area contributed by atoms with Gasteiger partial charge in [-0.15, -0.1) is 0 Å². The molecule has 3 heteroatoms. The van der Waals surface area contributed by atoms with Crippen molar-refractivity contribution in [2.24, 2.45) is 0 Å². The summed E-state index contributed by atoms with van der Waals surface area (Å²) < 4.78 is 7.81. The maximum absolute atomic E-state index is 6.46. The zero-order valence-electron chi connectivity index (χ0n) is 12.5. The molecule has 0 rings (SSSR count). The van der Waals surface area contributed by atoms with Crippen LogP contribution in [0.3, 0.4) is 0 Å². The Morgan fingerprint density at radius 1 is 1.06 bits per heavy atom. The molecule has 0 spiro atoms. The van der Waals surface area contributed by atoms with Crippen LogP contribution in [0.25, 0.3) is 0 Å². The van der Waals surface area contributed by atoms with Crippen molar-refractivity contribution in [3.8, 4) is 0 Å². The first-order chi connectivity index (χ1) is 7.75. The Kier molecular flexibility index (Phi) is 8.25. The molecule has 0 aromatic heterocycles. The highest BCUT2D eigenvalue weighted by atomic mass is 127. The highest BCUT2D eigenvalue weighted by Gasteiger charge is 2.44. The van der Waals surface area contributed by atoms with Gasteiger partial charge < -0.3 is 4.43 Å². The maximum atomic E-state index is 6.46. The first kappa shape index (κ1) is 17.6. The Morgan fingerprint density at radius 3 is 1.76 bits per heavy atom. The third-order valence-electron chi connectivity index (χ3n) is 3.60. The van der Waals surface area contributed by atoms with Crippen molar-refractivity contribution in [2.45, 2.75) is 71.5 Å². The fraction of sp³-hybridized carbons (Fsp3) is 0.857. The summed E-state index contributed by atoms with van der Waals surface area (Å²) in [5.74, 6) is 0. The number of hydrogen-bond acceptors (Lipinski definition) is 1. The second-order valence-corrected chi connectivity index (χ2v) is 12.9. The van der Waals surface area contributed by atoms with Gasteiger partial charge in [0.25, 0.3) is 0 Å². The van der Waals surface area contributed by atoms with Crippen molar-refractivity contribution >= 4 is 30.9 Å². The summed E-state index contributed by atoms with van der Waals surface area (Å²) in [7, 11) is -1.63. The molecule has 0 unspecified atom stereocenters. The van der Waals surface area contributed by atoms with Crippen molar-refractivity contribution in [3.05, 3.63) is 9.66 Å². The standard InChI is InChI=1S/C14H29IOSi/c1-11(2)17(12(3)4,13(5)6)16-10-8-9-14(7)15/h9,11-13H,8,10H2,1-7H3/b14-9-. The highest BCUT2D eigenvalue weighted by molar-refractivity contribution is 14.1. The molecule has 1 nitrogen and oxygen atoms in total. The van der Waals surface area contributed by atoms with Crippen LogP contribution in [0.2, 0.25) is 16.6 Å². The summed E-state index contributed by atoms with van der Waals surface area (Å²) >= 11 is 2.36. The molecule has 0 aliphatic carbocycles. The van der Waals surface area contributed by atoms with Gasteiger partial charge in [-0.2, -0.15) is 0 Å². The van der Waals surface area contributed by atoms with E-state index in [0.29, 0.717) is 16.6 Å². The van der Waals surface area contributed by atoms with Gasteiger partial charge in [0.1, 0.15) is 0 Å². The number of halogens is 1. The predicted molar refractivity (Wildman–Crippen MR) is 89.4 cm³/mol. The molecule has 0 N–H and O–H groups in total. The van der Waals surface area contributed by atoms with Gasteiger partial charge in [-0.3, -0.25) is 0 Å². The van der Waals surface area contributed by atoms with E-state index in [1.807, 2.05) is 0 Å². The van der Waals surface area contributed by atoms with Crippen molar-refractivity contribution in [1.82, 2.24) is 0 Å². The Labute approximate surface area is 123 Å². The van der Waals surface area contributed by atoms with Crippen LogP contribution in [0.1, 0.15) is 54.9 Å². The van der Waals surface area contributed by atoms with Crippen LogP contribution in [-0.4, -0.2) is 14.9 Å². The predicted octanol–water partition coefficient (Wildman–Crippen LogP) is 5.91. The van der Waals surface area contributed by atoms with Gasteiger partial charge in [0.2, 0.25) is 0 Å². The summed E-state index contributed by atoms with van der Waals surface area (Å²) in [5, 5.41) is 0. The van der Waals surface area contributed by atoms with E-state index in [1.165, 1.54) is 3.58 Å². The Bertz CT molecular complexity index is 221. The summed E-state index contributed by atoms with van der Waals surface area (Å²) in [6.45, 7) is 17.1. The summed E-state index contributed by atoms with van der Waals surface area (Å²) in [5.41, 5.74) is 2.06. The van der Waals surface area contributed by atoms with Crippen LogP contribution >= 0.6 is 22.6 Å². The van der Waals surface area contributed by atoms with Gasteiger partial charge in [0, 0.05) is 6.61 Å². The van der Waals surface area contributed by atoms with Crippen molar-refractivity contribution in [2.75, 3.05) is 6.61 Å². The third-order valence-corrected chi connectivity index (χ3v) is 10.2. The lowest BCUT2D eigenvalue weighted by Gasteiger charge is -2.42. The Balaban J connectivity index is 4.65. The molecule has 17 heavy (non-hydrogen) atoms. The number of rotatable bonds is 7. The van der Waals surface area contributed by atoms with E-state index >= 15 is 0 Å². The van der Waals surface area contributed by atoms with Crippen molar-refractivity contribution in [1.29, 1.82) is 0 Å². The van der Waals surface area contributed by atoms with E-state index < -0.39 is 8.32 Å². The van der Waals surface area contributed by atoms with E-state index in [0.717, 1.165) is 13.0 Å². The average molecular weight is 368 g/mol. The topological polar surface area (TPSA) is 9.23 Å².